The number of amides is 2. The molecule has 2 rings (SSSR count). The lowest BCUT2D eigenvalue weighted by Crippen LogP contribution is -2.31. The van der Waals surface area contributed by atoms with E-state index in [1.165, 1.54) is 5.56 Å². The summed E-state index contributed by atoms with van der Waals surface area (Å²) in [4.78, 5) is 12.0. The van der Waals surface area contributed by atoms with Crippen molar-refractivity contribution < 1.29 is 4.79 Å². The molecule has 3 nitrogen and oxygen atoms in total. The van der Waals surface area contributed by atoms with Crippen LogP contribution in [0, 0.1) is 0 Å². The zero-order chi connectivity index (χ0) is 16.2. The van der Waals surface area contributed by atoms with Crippen LogP contribution in [0.5, 0.6) is 0 Å². The molecular weight excluding hydrogens is 272 g/mol. The minimum Gasteiger partial charge on any atom is -0.331 e. The van der Waals surface area contributed by atoms with Crippen molar-refractivity contribution in [2.45, 2.75) is 39.2 Å². The number of hydrogen-bond acceptors (Lipinski definition) is 1. The van der Waals surface area contributed by atoms with Crippen LogP contribution in [-0.4, -0.2) is 6.03 Å². The second-order valence-electron chi connectivity index (χ2n) is 6.56. The van der Waals surface area contributed by atoms with Gasteiger partial charge in [-0.15, -0.1) is 0 Å². The molecular formula is C19H24N2O. The number of benzene rings is 2. The van der Waals surface area contributed by atoms with Crippen molar-refractivity contribution in [2.24, 2.45) is 0 Å². The maximum Gasteiger partial charge on any atom is 0.319 e. The van der Waals surface area contributed by atoms with Crippen molar-refractivity contribution in [2.75, 3.05) is 5.32 Å². The Morgan fingerprint density at radius 3 is 2.09 bits per heavy atom. The van der Waals surface area contributed by atoms with Crippen LogP contribution < -0.4 is 10.6 Å². The molecule has 0 unspecified atom stereocenters. The molecule has 0 saturated heterocycles. The molecule has 2 amide bonds. The first-order valence-corrected chi connectivity index (χ1v) is 7.59. The highest BCUT2D eigenvalue weighted by molar-refractivity contribution is 5.89. The standard InChI is InChI=1S/C19H24N2O/c1-14(15-10-12-16(13-11-15)19(2,3)4)20-18(22)21-17-8-6-5-7-9-17/h5-14H,1-4H3,(H2,20,21,22)/t14-/m1/s1. The molecule has 0 aliphatic rings. The Morgan fingerprint density at radius 2 is 1.55 bits per heavy atom. The molecule has 0 bridgehead atoms. The van der Waals surface area contributed by atoms with Crippen molar-refractivity contribution in [1.82, 2.24) is 5.32 Å². The third-order valence-electron chi connectivity index (χ3n) is 3.66. The van der Waals surface area contributed by atoms with E-state index < -0.39 is 0 Å². The zero-order valence-corrected chi connectivity index (χ0v) is 13.7. The van der Waals surface area contributed by atoms with Crippen LogP contribution in [0.3, 0.4) is 0 Å². The molecule has 3 heteroatoms. The Kier molecular flexibility index (Phi) is 4.86. The molecule has 2 aromatic rings. The third kappa shape index (κ3) is 4.35. The van der Waals surface area contributed by atoms with E-state index in [0.29, 0.717) is 0 Å². The minimum absolute atomic E-state index is 0.0438. The number of anilines is 1. The lowest BCUT2D eigenvalue weighted by molar-refractivity contribution is 0.249. The van der Waals surface area contributed by atoms with Gasteiger partial charge >= 0.3 is 6.03 Å². The fourth-order valence-electron chi connectivity index (χ4n) is 2.24. The maximum absolute atomic E-state index is 12.0. The Morgan fingerprint density at radius 1 is 0.955 bits per heavy atom. The molecule has 116 valence electrons. The van der Waals surface area contributed by atoms with Gasteiger partial charge in [-0.25, -0.2) is 4.79 Å². The van der Waals surface area contributed by atoms with Crippen LogP contribution in [0.1, 0.15) is 44.9 Å². The monoisotopic (exact) mass is 296 g/mol. The molecule has 22 heavy (non-hydrogen) atoms. The lowest BCUT2D eigenvalue weighted by Gasteiger charge is -2.21. The summed E-state index contributed by atoms with van der Waals surface area (Å²) in [6, 6.07) is 17.6. The Bertz CT molecular complexity index is 612. The highest BCUT2D eigenvalue weighted by Crippen LogP contribution is 2.23. The number of nitrogens with one attached hydrogen (secondary N) is 2. The number of hydrogen-bond donors (Lipinski definition) is 2. The Hall–Kier alpha value is -2.29. The largest absolute Gasteiger partial charge is 0.331 e. The van der Waals surface area contributed by atoms with Gasteiger partial charge in [0, 0.05) is 5.69 Å². The maximum atomic E-state index is 12.0. The van der Waals surface area contributed by atoms with Gasteiger partial charge in [-0.2, -0.15) is 0 Å². The van der Waals surface area contributed by atoms with Gasteiger partial charge < -0.3 is 10.6 Å². The molecule has 0 aromatic heterocycles. The minimum atomic E-state index is -0.196. The van der Waals surface area contributed by atoms with Crippen LogP contribution in [-0.2, 0) is 5.41 Å². The van der Waals surface area contributed by atoms with Crippen molar-refractivity contribution in [3.63, 3.8) is 0 Å². The number of carbonyl (C=O) groups is 1. The van der Waals surface area contributed by atoms with Crippen molar-refractivity contribution in [3.8, 4) is 0 Å². The first kappa shape index (κ1) is 16.1. The third-order valence-corrected chi connectivity index (χ3v) is 3.66. The van der Waals surface area contributed by atoms with Gasteiger partial charge in [-0.3, -0.25) is 0 Å². The fraction of sp³-hybridized carbons (Fsp3) is 0.316. The van der Waals surface area contributed by atoms with Crippen LogP contribution in [0.25, 0.3) is 0 Å². The Labute approximate surface area is 132 Å². The molecule has 0 radical (unpaired) electrons. The van der Waals surface area contributed by atoms with E-state index in [2.05, 4.69) is 55.7 Å². The summed E-state index contributed by atoms with van der Waals surface area (Å²) in [6.45, 7) is 8.56. The predicted octanol–water partition coefficient (Wildman–Crippen LogP) is 4.87. The number of urea groups is 1. The summed E-state index contributed by atoms with van der Waals surface area (Å²) >= 11 is 0. The summed E-state index contributed by atoms with van der Waals surface area (Å²) in [6.07, 6.45) is 0. The van der Waals surface area contributed by atoms with Crippen LogP contribution >= 0.6 is 0 Å². The van der Waals surface area contributed by atoms with E-state index in [4.69, 9.17) is 0 Å². The van der Waals surface area contributed by atoms with Crippen molar-refractivity contribution in [3.05, 3.63) is 65.7 Å². The van der Waals surface area contributed by atoms with E-state index in [0.717, 1.165) is 11.3 Å². The SMILES string of the molecule is C[C@@H](NC(=O)Nc1ccccc1)c1ccc(C(C)(C)C)cc1. The van der Waals surface area contributed by atoms with Gasteiger partial charge in [-0.05, 0) is 35.6 Å². The number of carbonyl (C=O) groups excluding carboxylic acids is 1. The normalized spacial score (nSPS) is 12.5. The van der Waals surface area contributed by atoms with Gasteiger partial charge in [0.2, 0.25) is 0 Å². The second-order valence-corrected chi connectivity index (χ2v) is 6.56. The average Bonchev–Trinajstić information content (AvgIpc) is 2.47. The van der Waals surface area contributed by atoms with E-state index in [-0.39, 0.29) is 17.5 Å². The second kappa shape index (κ2) is 6.65. The van der Waals surface area contributed by atoms with E-state index in [1.807, 2.05) is 37.3 Å². The molecule has 0 aliphatic heterocycles. The number of rotatable bonds is 3. The van der Waals surface area contributed by atoms with Crippen LogP contribution in [0.15, 0.2) is 54.6 Å². The molecule has 0 heterocycles. The highest BCUT2D eigenvalue weighted by atomic mass is 16.2. The van der Waals surface area contributed by atoms with E-state index in [9.17, 15) is 4.79 Å². The fourth-order valence-corrected chi connectivity index (χ4v) is 2.24. The van der Waals surface area contributed by atoms with Crippen LogP contribution in [0.4, 0.5) is 10.5 Å². The summed E-state index contributed by atoms with van der Waals surface area (Å²) in [5.74, 6) is 0. The summed E-state index contributed by atoms with van der Waals surface area (Å²) in [7, 11) is 0. The van der Waals surface area contributed by atoms with Crippen molar-refractivity contribution >= 4 is 11.7 Å². The molecule has 0 saturated carbocycles. The zero-order valence-electron chi connectivity index (χ0n) is 13.7. The van der Waals surface area contributed by atoms with E-state index in [1.54, 1.807) is 0 Å². The van der Waals surface area contributed by atoms with Gasteiger partial charge in [0.1, 0.15) is 0 Å². The topological polar surface area (TPSA) is 41.1 Å². The molecule has 0 fully saturated rings. The summed E-state index contributed by atoms with van der Waals surface area (Å²) in [5.41, 5.74) is 3.31. The quantitative estimate of drug-likeness (QED) is 0.833. The lowest BCUT2D eigenvalue weighted by atomic mass is 9.86. The smallest absolute Gasteiger partial charge is 0.319 e. The first-order chi connectivity index (χ1) is 10.4. The first-order valence-electron chi connectivity index (χ1n) is 7.59. The molecule has 0 aliphatic carbocycles. The number of para-hydroxylation sites is 1. The predicted molar refractivity (Wildman–Crippen MR) is 92.2 cm³/mol. The van der Waals surface area contributed by atoms with Gasteiger partial charge in [0.15, 0.2) is 0 Å². The van der Waals surface area contributed by atoms with Gasteiger partial charge in [0.25, 0.3) is 0 Å². The Balaban J connectivity index is 1.97. The average molecular weight is 296 g/mol. The summed E-state index contributed by atoms with van der Waals surface area (Å²) < 4.78 is 0. The van der Waals surface area contributed by atoms with E-state index >= 15 is 0 Å². The van der Waals surface area contributed by atoms with Crippen molar-refractivity contribution in [1.29, 1.82) is 0 Å². The summed E-state index contributed by atoms with van der Waals surface area (Å²) in [5, 5.41) is 5.78. The molecule has 1 atom stereocenters. The van der Waals surface area contributed by atoms with Gasteiger partial charge in [-0.1, -0.05) is 63.2 Å². The molecule has 0 spiro atoms. The molecule has 2 aromatic carbocycles. The van der Waals surface area contributed by atoms with Crippen LogP contribution in [0.2, 0.25) is 0 Å². The molecule has 2 N–H and O–H groups in total. The highest BCUT2D eigenvalue weighted by Gasteiger charge is 2.14. The van der Waals surface area contributed by atoms with Gasteiger partial charge in [0.05, 0.1) is 6.04 Å².